The van der Waals surface area contributed by atoms with Gasteiger partial charge < -0.3 is 5.32 Å². The van der Waals surface area contributed by atoms with Crippen molar-refractivity contribution in [2.45, 2.75) is 45.6 Å². The summed E-state index contributed by atoms with van der Waals surface area (Å²) in [5.74, 6) is -0.716. The number of nitrogens with one attached hydrogen (secondary N) is 1. The average Bonchev–Trinajstić information content (AvgIpc) is 2.43. The van der Waals surface area contributed by atoms with Crippen LogP contribution in [-0.2, 0) is 14.8 Å². The molecule has 23 heavy (non-hydrogen) atoms. The molecule has 0 saturated carbocycles. The minimum absolute atomic E-state index is 0.00904. The highest BCUT2D eigenvalue weighted by molar-refractivity contribution is 7.92. The molecule has 0 spiro atoms. The highest BCUT2D eigenvalue weighted by Crippen LogP contribution is 2.21. The molecule has 5 nitrogen and oxygen atoms in total. The van der Waals surface area contributed by atoms with E-state index in [1.807, 2.05) is 13.8 Å². The number of anilines is 1. The Bertz CT molecular complexity index is 620. The lowest BCUT2D eigenvalue weighted by Gasteiger charge is -2.23. The largest absolute Gasteiger partial charge is 0.354 e. The fourth-order valence-corrected chi connectivity index (χ4v) is 3.32. The van der Waals surface area contributed by atoms with E-state index in [9.17, 15) is 17.6 Å². The van der Waals surface area contributed by atoms with Gasteiger partial charge in [0.1, 0.15) is 5.82 Å². The molecule has 1 N–H and O–H groups in total. The summed E-state index contributed by atoms with van der Waals surface area (Å²) in [6.07, 6.45) is 3.44. The van der Waals surface area contributed by atoms with E-state index in [4.69, 9.17) is 0 Å². The number of carbonyl (C=O) groups is 1. The topological polar surface area (TPSA) is 66.5 Å². The third-order valence-corrected chi connectivity index (χ3v) is 4.60. The van der Waals surface area contributed by atoms with Crippen molar-refractivity contribution in [2.24, 2.45) is 0 Å². The Morgan fingerprint density at radius 2 is 2.00 bits per heavy atom. The quantitative estimate of drug-likeness (QED) is 0.749. The Hall–Kier alpha value is -1.63. The molecule has 0 saturated heterocycles. The zero-order valence-electron chi connectivity index (χ0n) is 13.9. The second-order valence-electron chi connectivity index (χ2n) is 5.65. The molecule has 1 aromatic rings. The van der Waals surface area contributed by atoms with Gasteiger partial charge in [-0.3, -0.25) is 9.10 Å². The van der Waals surface area contributed by atoms with E-state index in [-0.39, 0.29) is 30.6 Å². The highest BCUT2D eigenvalue weighted by atomic mass is 32.2. The van der Waals surface area contributed by atoms with E-state index < -0.39 is 15.8 Å². The molecule has 0 fully saturated rings. The molecule has 0 bridgehead atoms. The Balaban J connectivity index is 2.64. The summed E-state index contributed by atoms with van der Waals surface area (Å²) in [4.78, 5) is 11.8. The standard InChI is InChI=1S/C16H25FN2O3S/c1-4-8-13(2)18-16(20)11-7-12-19(23(3,21)22)15-10-6-5-9-14(15)17/h5-6,9-10,13H,4,7-8,11-12H2,1-3H3,(H,18,20)/t13-/m0/s1. The van der Waals surface area contributed by atoms with Gasteiger partial charge in [-0.1, -0.05) is 25.5 Å². The first kappa shape index (κ1) is 19.4. The van der Waals surface area contributed by atoms with Gasteiger partial charge >= 0.3 is 0 Å². The van der Waals surface area contributed by atoms with Crippen LogP contribution in [0.5, 0.6) is 0 Å². The van der Waals surface area contributed by atoms with Crippen molar-refractivity contribution in [1.82, 2.24) is 5.32 Å². The van der Waals surface area contributed by atoms with Gasteiger partial charge in [-0.05, 0) is 31.9 Å². The number of hydrogen-bond donors (Lipinski definition) is 1. The number of carbonyl (C=O) groups excluding carboxylic acids is 1. The lowest BCUT2D eigenvalue weighted by atomic mass is 10.2. The summed E-state index contributed by atoms with van der Waals surface area (Å²) in [7, 11) is -3.61. The van der Waals surface area contributed by atoms with Gasteiger partial charge in [-0.2, -0.15) is 0 Å². The molecular formula is C16H25FN2O3S. The van der Waals surface area contributed by atoms with Crippen LogP contribution in [0.15, 0.2) is 24.3 Å². The summed E-state index contributed by atoms with van der Waals surface area (Å²) >= 11 is 0. The van der Waals surface area contributed by atoms with Crippen LogP contribution in [0, 0.1) is 5.82 Å². The second kappa shape index (κ2) is 8.86. The number of halogens is 1. The lowest BCUT2D eigenvalue weighted by molar-refractivity contribution is -0.121. The molecular weight excluding hydrogens is 319 g/mol. The van der Waals surface area contributed by atoms with Crippen molar-refractivity contribution >= 4 is 21.6 Å². The first-order valence-corrected chi connectivity index (χ1v) is 9.62. The number of para-hydroxylation sites is 1. The normalized spacial score (nSPS) is 12.7. The Kier molecular flexibility index (Phi) is 7.48. The number of nitrogens with zero attached hydrogens (tertiary/aromatic N) is 1. The van der Waals surface area contributed by atoms with E-state index in [0.717, 1.165) is 23.4 Å². The Morgan fingerprint density at radius 1 is 1.35 bits per heavy atom. The number of hydrogen-bond acceptors (Lipinski definition) is 3. The van der Waals surface area contributed by atoms with Crippen molar-refractivity contribution in [3.05, 3.63) is 30.1 Å². The van der Waals surface area contributed by atoms with E-state index >= 15 is 0 Å². The van der Waals surface area contributed by atoms with Gasteiger partial charge in [0.15, 0.2) is 0 Å². The van der Waals surface area contributed by atoms with Crippen molar-refractivity contribution in [2.75, 3.05) is 17.1 Å². The predicted molar refractivity (Wildman–Crippen MR) is 90.3 cm³/mol. The lowest BCUT2D eigenvalue weighted by Crippen LogP contribution is -2.35. The van der Waals surface area contributed by atoms with Crippen LogP contribution < -0.4 is 9.62 Å². The molecule has 7 heteroatoms. The molecule has 0 radical (unpaired) electrons. The Morgan fingerprint density at radius 3 is 2.57 bits per heavy atom. The van der Waals surface area contributed by atoms with Gasteiger partial charge in [0.25, 0.3) is 0 Å². The van der Waals surface area contributed by atoms with Crippen LogP contribution in [0.1, 0.15) is 39.5 Å². The highest BCUT2D eigenvalue weighted by Gasteiger charge is 2.20. The van der Waals surface area contributed by atoms with E-state index in [1.54, 1.807) is 6.07 Å². The fraction of sp³-hybridized carbons (Fsp3) is 0.562. The maximum Gasteiger partial charge on any atom is 0.232 e. The summed E-state index contributed by atoms with van der Waals surface area (Å²) < 4.78 is 38.6. The fourth-order valence-electron chi connectivity index (χ4n) is 2.35. The minimum atomic E-state index is -3.61. The molecule has 0 aliphatic heterocycles. The SMILES string of the molecule is CCC[C@H](C)NC(=O)CCCN(c1ccccc1F)S(C)(=O)=O. The van der Waals surface area contributed by atoms with Crippen LogP contribution in [-0.4, -0.2) is 33.2 Å². The molecule has 1 amide bonds. The van der Waals surface area contributed by atoms with Crippen molar-refractivity contribution in [3.63, 3.8) is 0 Å². The second-order valence-corrected chi connectivity index (χ2v) is 7.55. The minimum Gasteiger partial charge on any atom is -0.354 e. The molecule has 1 rings (SSSR count). The molecule has 0 aliphatic rings. The zero-order chi connectivity index (χ0) is 17.5. The monoisotopic (exact) mass is 344 g/mol. The van der Waals surface area contributed by atoms with Gasteiger partial charge in [0.05, 0.1) is 11.9 Å². The number of rotatable bonds is 9. The van der Waals surface area contributed by atoms with Crippen LogP contribution in [0.25, 0.3) is 0 Å². The summed E-state index contributed by atoms with van der Waals surface area (Å²) in [5, 5.41) is 2.86. The third-order valence-electron chi connectivity index (χ3n) is 3.42. The third kappa shape index (κ3) is 6.56. The van der Waals surface area contributed by atoms with E-state index in [0.29, 0.717) is 6.42 Å². The number of benzene rings is 1. The van der Waals surface area contributed by atoms with E-state index in [2.05, 4.69) is 5.32 Å². The molecule has 0 aromatic heterocycles. The van der Waals surface area contributed by atoms with Crippen LogP contribution >= 0.6 is 0 Å². The van der Waals surface area contributed by atoms with Crippen LogP contribution in [0.2, 0.25) is 0 Å². The number of amides is 1. The van der Waals surface area contributed by atoms with Crippen LogP contribution in [0.4, 0.5) is 10.1 Å². The van der Waals surface area contributed by atoms with Crippen LogP contribution in [0.3, 0.4) is 0 Å². The molecule has 1 atom stereocenters. The summed E-state index contributed by atoms with van der Waals surface area (Å²) in [5.41, 5.74) is 0.00904. The average molecular weight is 344 g/mol. The Labute approximate surface area is 137 Å². The maximum atomic E-state index is 13.8. The smallest absolute Gasteiger partial charge is 0.232 e. The van der Waals surface area contributed by atoms with Gasteiger partial charge in [-0.15, -0.1) is 0 Å². The molecule has 0 unspecified atom stereocenters. The van der Waals surface area contributed by atoms with Crippen molar-refractivity contribution < 1.29 is 17.6 Å². The zero-order valence-corrected chi connectivity index (χ0v) is 14.7. The van der Waals surface area contributed by atoms with Gasteiger partial charge in [0, 0.05) is 19.0 Å². The van der Waals surface area contributed by atoms with Crippen molar-refractivity contribution in [1.29, 1.82) is 0 Å². The van der Waals surface area contributed by atoms with Crippen molar-refractivity contribution in [3.8, 4) is 0 Å². The van der Waals surface area contributed by atoms with Gasteiger partial charge in [0.2, 0.25) is 15.9 Å². The first-order valence-electron chi connectivity index (χ1n) is 7.77. The summed E-state index contributed by atoms with van der Waals surface area (Å²) in [6, 6.07) is 5.81. The molecule has 0 heterocycles. The van der Waals surface area contributed by atoms with Gasteiger partial charge in [-0.25, -0.2) is 12.8 Å². The molecule has 1 aromatic carbocycles. The first-order chi connectivity index (χ1) is 10.8. The molecule has 0 aliphatic carbocycles. The predicted octanol–water partition coefficient (Wildman–Crippen LogP) is 2.68. The molecule has 130 valence electrons. The summed E-state index contributed by atoms with van der Waals surface area (Å²) in [6.45, 7) is 4.04. The van der Waals surface area contributed by atoms with E-state index in [1.165, 1.54) is 18.2 Å². The maximum absolute atomic E-state index is 13.8. The number of sulfonamides is 1.